The van der Waals surface area contributed by atoms with Crippen molar-refractivity contribution in [2.45, 2.75) is 89.9 Å². The number of fused-ring (bicyclic) bond motifs is 1. The molecule has 3 unspecified atom stereocenters. The molecular formula is C29H38O7. The number of rotatable bonds is 3. The van der Waals surface area contributed by atoms with E-state index in [2.05, 4.69) is 27.0 Å². The molecule has 4 heterocycles. The van der Waals surface area contributed by atoms with Crippen LogP contribution in [0.4, 0.5) is 0 Å². The molecule has 8 aliphatic rings. The fourth-order valence-corrected chi connectivity index (χ4v) is 9.94. The molecule has 36 heavy (non-hydrogen) atoms. The van der Waals surface area contributed by atoms with Gasteiger partial charge in [0, 0.05) is 18.3 Å². The summed E-state index contributed by atoms with van der Waals surface area (Å²) in [6, 6.07) is 0. The molecule has 6 fully saturated rings. The van der Waals surface area contributed by atoms with Crippen LogP contribution in [-0.2, 0) is 28.5 Å². The first-order valence-corrected chi connectivity index (χ1v) is 13.5. The summed E-state index contributed by atoms with van der Waals surface area (Å²) in [6.45, 7) is 16.9. The number of ether oxygens (including phenoxy) is 5. The molecule has 3 spiro atoms. The maximum Gasteiger partial charge on any atom is 0.213 e. The molecule has 0 aromatic rings. The standard InChI is InChI=1S/C29H38O7/c1-7-12-32-19-11-8-16-13-25(3,4)20-22(31)29-28-18(27(20,14-33-29)23(16)34-19)10-9-17(15(2)21(28)30)24(28)35-26(5,6)36-29/h7,17-20,22,24,31H,1-2,8-14H2,3-6H3/t17-,18?,19+,20+,22-,24?,27?,28-,29-/m0/s1. The van der Waals surface area contributed by atoms with Crippen LogP contribution < -0.4 is 0 Å². The first-order chi connectivity index (χ1) is 17.0. The summed E-state index contributed by atoms with van der Waals surface area (Å²) in [5, 5.41) is 12.4. The molecular weight excluding hydrogens is 460 g/mol. The topological polar surface area (TPSA) is 83.5 Å². The van der Waals surface area contributed by atoms with Gasteiger partial charge in [0.1, 0.15) is 17.3 Å². The lowest BCUT2D eigenvalue weighted by Crippen LogP contribution is -2.87. The zero-order chi connectivity index (χ0) is 25.5. The van der Waals surface area contributed by atoms with Gasteiger partial charge in [-0.3, -0.25) is 4.79 Å². The second-order valence-corrected chi connectivity index (χ2v) is 13.2. The van der Waals surface area contributed by atoms with Crippen LogP contribution in [0.5, 0.6) is 0 Å². The van der Waals surface area contributed by atoms with Crippen molar-refractivity contribution in [1.29, 1.82) is 0 Å². The van der Waals surface area contributed by atoms with Crippen molar-refractivity contribution >= 4 is 5.78 Å². The molecule has 7 nitrogen and oxygen atoms in total. The minimum atomic E-state index is -1.48. The molecule has 0 radical (unpaired) electrons. The zero-order valence-corrected chi connectivity index (χ0v) is 21.8. The van der Waals surface area contributed by atoms with E-state index in [0.29, 0.717) is 18.8 Å². The number of hydrogen-bond acceptors (Lipinski definition) is 7. The Kier molecular flexibility index (Phi) is 4.53. The third-order valence-electron chi connectivity index (χ3n) is 10.6. The van der Waals surface area contributed by atoms with Gasteiger partial charge in [0.2, 0.25) is 5.79 Å². The third kappa shape index (κ3) is 2.37. The Labute approximate surface area is 212 Å². The highest BCUT2D eigenvalue weighted by atomic mass is 16.8. The summed E-state index contributed by atoms with van der Waals surface area (Å²) in [4.78, 5) is 14.4. The molecule has 9 atom stereocenters. The highest BCUT2D eigenvalue weighted by Crippen LogP contribution is 2.80. The van der Waals surface area contributed by atoms with Crippen molar-refractivity contribution in [3.63, 3.8) is 0 Å². The Morgan fingerprint density at radius 2 is 1.97 bits per heavy atom. The normalized spacial score (nSPS) is 51.2. The molecule has 0 aromatic carbocycles. The second kappa shape index (κ2) is 6.92. The second-order valence-electron chi connectivity index (χ2n) is 13.2. The van der Waals surface area contributed by atoms with Crippen molar-refractivity contribution in [3.05, 3.63) is 36.1 Å². The van der Waals surface area contributed by atoms with Crippen LogP contribution in [-0.4, -0.2) is 54.2 Å². The maximum absolute atomic E-state index is 14.4. The van der Waals surface area contributed by atoms with Crippen LogP contribution in [0.2, 0.25) is 0 Å². The molecule has 8 rings (SSSR count). The molecule has 0 amide bonds. The van der Waals surface area contributed by atoms with E-state index < -0.39 is 34.6 Å². The number of ketones is 1. The summed E-state index contributed by atoms with van der Waals surface area (Å²) < 4.78 is 32.6. The first-order valence-electron chi connectivity index (χ1n) is 13.5. The van der Waals surface area contributed by atoms with Crippen molar-refractivity contribution in [2.75, 3.05) is 13.2 Å². The van der Waals surface area contributed by atoms with Crippen LogP contribution in [0.25, 0.3) is 0 Å². The summed E-state index contributed by atoms with van der Waals surface area (Å²) in [5.41, 5.74) is -0.226. The van der Waals surface area contributed by atoms with Crippen LogP contribution >= 0.6 is 0 Å². The number of carbonyl (C=O) groups is 1. The fraction of sp³-hybridized carbons (Fsp3) is 0.759. The molecule has 4 aliphatic heterocycles. The predicted molar refractivity (Wildman–Crippen MR) is 129 cm³/mol. The number of hydrogen-bond donors (Lipinski definition) is 1. The van der Waals surface area contributed by atoms with Crippen LogP contribution in [0, 0.1) is 34.0 Å². The Hall–Kier alpha value is -1.51. The van der Waals surface area contributed by atoms with Crippen molar-refractivity contribution < 1.29 is 33.6 Å². The Bertz CT molecular complexity index is 1100. The van der Waals surface area contributed by atoms with E-state index in [1.165, 1.54) is 5.57 Å². The number of aliphatic hydroxyl groups is 1. The number of carbonyl (C=O) groups excluding carboxylic acids is 1. The quantitative estimate of drug-likeness (QED) is 0.465. The highest BCUT2D eigenvalue weighted by Gasteiger charge is 2.90. The van der Waals surface area contributed by atoms with E-state index in [1.807, 2.05) is 13.8 Å². The summed E-state index contributed by atoms with van der Waals surface area (Å²) in [5.74, 6) is -2.13. The number of Topliss-reactive ketones (excluding diaryl/α,β-unsaturated/α-hetero) is 1. The lowest BCUT2D eigenvalue weighted by Gasteiger charge is -2.77. The van der Waals surface area contributed by atoms with E-state index in [0.717, 1.165) is 37.9 Å². The molecule has 196 valence electrons. The monoisotopic (exact) mass is 498 g/mol. The Morgan fingerprint density at radius 3 is 2.72 bits per heavy atom. The Morgan fingerprint density at radius 1 is 1.19 bits per heavy atom. The average Bonchev–Trinajstić information content (AvgIpc) is 2.93. The largest absolute Gasteiger partial charge is 0.469 e. The van der Waals surface area contributed by atoms with Gasteiger partial charge in [-0.1, -0.05) is 26.5 Å². The Balaban J connectivity index is 1.48. The lowest BCUT2D eigenvalue weighted by atomic mass is 9.36. The first kappa shape index (κ1) is 23.6. The van der Waals surface area contributed by atoms with E-state index in [-0.39, 0.29) is 35.2 Å². The van der Waals surface area contributed by atoms with Crippen molar-refractivity contribution in [3.8, 4) is 0 Å². The van der Waals surface area contributed by atoms with Crippen LogP contribution in [0.3, 0.4) is 0 Å². The number of allylic oxidation sites excluding steroid dienone is 1. The molecule has 4 bridgehead atoms. The van der Waals surface area contributed by atoms with Gasteiger partial charge in [0.15, 0.2) is 17.9 Å². The van der Waals surface area contributed by atoms with Crippen LogP contribution in [0.15, 0.2) is 36.1 Å². The van der Waals surface area contributed by atoms with Gasteiger partial charge < -0.3 is 28.8 Å². The van der Waals surface area contributed by atoms with Gasteiger partial charge in [-0.15, -0.1) is 6.58 Å². The predicted octanol–water partition coefficient (Wildman–Crippen LogP) is 4.02. The van der Waals surface area contributed by atoms with Gasteiger partial charge in [-0.25, -0.2) is 0 Å². The minimum Gasteiger partial charge on any atom is -0.469 e. The smallest absolute Gasteiger partial charge is 0.213 e. The van der Waals surface area contributed by atoms with E-state index in [1.54, 1.807) is 6.08 Å². The van der Waals surface area contributed by atoms with Gasteiger partial charge in [-0.05, 0) is 62.0 Å². The summed E-state index contributed by atoms with van der Waals surface area (Å²) >= 11 is 0. The molecule has 1 N–H and O–H groups in total. The van der Waals surface area contributed by atoms with Gasteiger partial charge in [0.05, 0.1) is 24.7 Å². The molecule has 4 aliphatic carbocycles. The fourth-order valence-electron chi connectivity index (χ4n) is 9.94. The van der Waals surface area contributed by atoms with E-state index in [4.69, 9.17) is 23.7 Å². The van der Waals surface area contributed by atoms with Gasteiger partial charge >= 0.3 is 0 Å². The highest BCUT2D eigenvalue weighted by molar-refractivity contribution is 6.05. The maximum atomic E-state index is 14.4. The summed E-state index contributed by atoms with van der Waals surface area (Å²) in [7, 11) is 0. The van der Waals surface area contributed by atoms with E-state index in [9.17, 15) is 9.90 Å². The molecule has 3 saturated carbocycles. The minimum absolute atomic E-state index is 0.0622. The lowest BCUT2D eigenvalue weighted by molar-refractivity contribution is -0.527. The van der Waals surface area contributed by atoms with Crippen molar-refractivity contribution in [1.82, 2.24) is 0 Å². The SMILES string of the molecule is C=CCO[C@H]1CCC2=C(O1)C13CO[C@]4(OC(C)(C)OC5[C@H]6CCC1[C@]54C(=O)C6=C)[C@@H](O)[C@@H]3C(C)(C)C2. The van der Waals surface area contributed by atoms with Gasteiger partial charge in [0.25, 0.3) is 0 Å². The van der Waals surface area contributed by atoms with E-state index >= 15 is 0 Å². The molecule has 7 heteroatoms. The average molecular weight is 499 g/mol. The number of aliphatic hydroxyl groups excluding tert-OH is 1. The van der Waals surface area contributed by atoms with Crippen LogP contribution in [0.1, 0.15) is 59.8 Å². The molecule has 0 aromatic heterocycles. The third-order valence-corrected chi connectivity index (χ3v) is 10.6. The van der Waals surface area contributed by atoms with Crippen molar-refractivity contribution in [2.24, 2.45) is 34.0 Å². The summed E-state index contributed by atoms with van der Waals surface area (Å²) in [6.07, 6.45) is 3.95. The zero-order valence-electron chi connectivity index (χ0n) is 21.8. The van der Waals surface area contributed by atoms with Gasteiger partial charge in [-0.2, -0.15) is 0 Å². The molecule has 3 saturated heterocycles.